The highest BCUT2D eigenvalue weighted by molar-refractivity contribution is 5.43. The van der Waals surface area contributed by atoms with E-state index in [1.54, 1.807) is 0 Å². The van der Waals surface area contributed by atoms with Crippen LogP contribution >= 0.6 is 0 Å². The predicted molar refractivity (Wildman–Crippen MR) is 71.7 cm³/mol. The minimum Gasteiger partial charge on any atom is -0.488 e. The molecule has 2 aromatic rings. The number of halogens is 2. The van der Waals surface area contributed by atoms with Gasteiger partial charge in [-0.05, 0) is 12.1 Å². The molecule has 0 spiro atoms. The molecule has 5 nitrogen and oxygen atoms in total. The molecule has 0 radical (unpaired) electrons. The van der Waals surface area contributed by atoms with Crippen LogP contribution in [0.5, 0.6) is 5.75 Å². The molecule has 0 amide bonds. The van der Waals surface area contributed by atoms with E-state index >= 15 is 0 Å². The lowest BCUT2D eigenvalue weighted by molar-refractivity contribution is -0.384. The van der Waals surface area contributed by atoms with Crippen molar-refractivity contribution in [3.8, 4) is 5.75 Å². The number of nitro benzene ring substituents is 1. The summed E-state index contributed by atoms with van der Waals surface area (Å²) in [6, 6.07) is 7.71. The van der Waals surface area contributed by atoms with E-state index in [2.05, 4.69) is 0 Å². The van der Waals surface area contributed by atoms with Gasteiger partial charge in [0.05, 0.1) is 4.92 Å². The Hall–Kier alpha value is -2.54. The lowest BCUT2D eigenvalue weighted by Gasteiger charge is -2.11. The van der Waals surface area contributed by atoms with E-state index in [4.69, 9.17) is 10.5 Å². The Kier molecular flexibility index (Phi) is 4.44. The molecule has 21 heavy (non-hydrogen) atoms. The average Bonchev–Trinajstić information content (AvgIpc) is 2.48. The number of rotatable bonds is 5. The number of nitrogens with zero attached hydrogens (tertiary/aromatic N) is 1. The van der Waals surface area contributed by atoms with Crippen LogP contribution in [0.1, 0.15) is 11.1 Å². The summed E-state index contributed by atoms with van der Waals surface area (Å²) >= 11 is 0. The fraction of sp³-hybridized carbons (Fsp3) is 0.143. The molecule has 0 saturated carbocycles. The molecule has 0 aliphatic heterocycles. The van der Waals surface area contributed by atoms with Crippen LogP contribution in [0.15, 0.2) is 36.4 Å². The molecule has 0 saturated heterocycles. The average molecular weight is 294 g/mol. The summed E-state index contributed by atoms with van der Waals surface area (Å²) in [6.45, 7) is -0.170. The molecule has 2 N–H and O–H groups in total. The fourth-order valence-corrected chi connectivity index (χ4v) is 1.80. The van der Waals surface area contributed by atoms with Crippen molar-refractivity contribution in [3.05, 3.63) is 69.3 Å². The molecule has 0 aromatic heterocycles. The van der Waals surface area contributed by atoms with Gasteiger partial charge in [0.1, 0.15) is 12.4 Å². The van der Waals surface area contributed by atoms with Crippen molar-refractivity contribution in [1.29, 1.82) is 0 Å². The normalized spacial score (nSPS) is 10.4. The van der Waals surface area contributed by atoms with E-state index in [0.29, 0.717) is 11.3 Å². The van der Waals surface area contributed by atoms with E-state index in [0.717, 1.165) is 6.07 Å². The van der Waals surface area contributed by atoms with Gasteiger partial charge >= 0.3 is 0 Å². The Morgan fingerprint density at radius 2 is 1.95 bits per heavy atom. The third-order valence-corrected chi connectivity index (χ3v) is 2.89. The van der Waals surface area contributed by atoms with Crippen LogP contribution in [0.2, 0.25) is 0 Å². The molecule has 2 aromatic carbocycles. The number of hydrogen-bond donors (Lipinski definition) is 1. The second-order valence-corrected chi connectivity index (χ2v) is 4.25. The molecule has 0 aliphatic carbocycles. The standard InChI is InChI=1S/C14H12F2N2O3/c15-12-3-1-2-9(14(12)16)8-21-13-5-4-11(18(19)20)6-10(13)7-17/h1-6H,7-8,17H2. The Labute approximate surface area is 119 Å². The second kappa shape index (κ2) is 6.27. The molecule has 110 valence electrons. The number of nitro groups is 1. The molecule has 0 fully saturated rings. The van der Waals surface area contributed by atoms with Crippen LogP contribution in [0.3, 0.4) is 0 Å². The first kappa shape index (κ1) is 14.9. The summed E-state index contributed by atoms with van der Waals surface area (Å²) in [7, 11) is 0. The van der Waals surface area contributed by atoms with Gasteiger partial charge in [0.2, 0.25) is 0 Å². The van der Waals surface area contributed by atoms with Crippen molar-refractivity contribution in [2.24, 2.45) is 5.73 Å². The van der Waals surface area contributed by atoms with Gasteiger partial charge < -0.3 is 10.5 Å². The fourth-order valence-electron chi connectivity index (χ4n) is 1.80. The minimum atomic E-state index is -0.978. The molecule has 0 aliphatic rings. The topological polar surface area (TPSA) is 78.4 Å². The van der Waals surface area contributed by atoms with Crippen molar-refractivity contribution >= 4 is 5.69 Å². The van der Waals surface area contributed by atoms with Crippen molar-refractivity contribution in [1.82, 2.24) is 0 Å². The molecule has 0 heterocycles. The van der Waals surface area contributed by atoms with E-state index in [9.17, 15) is 18.9 Å². The lowest BCUT2D eigenvalue weighted by atomic mass is 10.1. The summed E-state index contributed by atoms with van der Waals surface area (Å²) in [5, 5.41) is 10.7. The van der Waals surface area contributed by atoms with Gasteiger partial charge in [-0.2, -0.15) is 0 Å². The first-order valence-electron chi connectivity index (χ1n) is 6.06. The molecule has 0 atom stereocenters. The summed E-state index contributed by atoms with van der Waals surface area (Å²) in [6.07, 6.45) is 0. The summed E-state index contributed by atoms with van der Waals surface area (Å²) in [4.78, 5) is 10.1. The van der Waals surface area contributed by atoms with Gasteiger partial charge in [0.25, 0.3) is 5.69 Å². The Morgan fingerprint density at radius 3 is 2.62 bits per heavy atom. The van der Waals surface area contributed by atoms with E-state index in [-0.39, 0.29) is 24.4 Å². The van der Waals surface area contributed by atoms with Gasteiger partial charge in [0.15, 0.2) is 11.6 Å². The van der Waals surface area contributed by atoms with Gasteiger partial charge in [-0.3, -0.25) is 10.1 Å². The Bertz CT molecular complexity index is 677. The van der Waals surface area contributed by atoms with Gasteiger partial charge in [0, 0.05) is 29.8 Å². The Balaban J connectivity index is 2.20. The van der Waals surface area contributed by atoms with Crippen LogP contribution in [0.4, 0.5) is 14.5 Å². The van der Waals surface area contributed by atoms with Gasteiger partial charge in [-0.25, -0.2) is 8.78 Å². The SMILES string of the molecule is NCc1cc([N+](=O)[O-])ccc1OCc1cccc(F)c1F. The van der Waals surface area contributed by atoms with Crippen molar-refractivity contribution < 1.29 is 18.4 Å². The zero-order valence-corrected chi connectivity index (χ0v) is 10.9. The molecular formula is C14H12F2N2O3. The summed E-state index contributed by atoms with van der Waals surface area (Å²) in [5.74, 6) is -1.64. The molecule has 2 rings (SSSR count). The first-order valence-corrected chi connectivity index (χ1v) is 6.06. The number of ether oxygens (including phenoxy) is 1. The van der Waals surface area contributed by atoms with E-state index in [1.807, 2.05) is 0 Å². The molecule has 7 heteroatoms. The largest absolute Gasteiger partial charge is 0.488 e. The van der Waals surface area contributed by atoms with E-state index in [1.165, 1.54) is 30.3 Å². The zero-order valence-electron chi connectivity index (χ0n) is 10.9. The predicted octanol–water partition coefficient (Wildman–Crippen LogP) is 2.91. The summed E-state index contributed by atoms with van der Waals surface area (Å²) in [5.41, 5.74) is 5.86. The number of non-ortho nitro benzene ring substituents is 1. The van der Waals surface area contributed by atoms with Gasteiger partial charge in [-0.15, -0.1) is 0 Å². The monoisotopic (exact) mass is 294 g/mol. The second-order valence-electron chi connectivity index (χ2n) is 4.25. The Morgan fingerprint density at radius 1 is 1.19 bits per heavy atom. The maximum Gasteiger partial charge on any atom is 0.270 e. The van der Waals surface area contributed by atoms with Crippen molar-refractivity contribution in [2.45, 2.75) is 13.2 Å². The number of hydrogen-bond acceptors (Lipinski definition) is 4. The first-order chi connectivity index (χ1) is 10.0. The number of benzene rings is 2. The molecule has 0 bridgehead atoms. The highest BCUT2D eigenvalue weighted by Crippen LogP contribution is 2.25. The van der Waals surface area contributed by atoms with Crippen LogP contribution in [-0.4, -0.2) is 4.92 Å². The van der Waals surface area contributed by atoms with Crippen LogP contribution in [0, 0.1) is 21.7 Å². The number of nitrogens with two attached hydrogens (primary N) is 1. The highest BCUT2D eigenvalue weighted by Gasteiger charge is 2.12. The molecular weight excluding hydrogens is 282 g/mol. The van der Waals surface area contributed by atoms with Crippen molar-refractivity contribution in [3.63, 3.8) is 0 Å². The maximum atomic E-state index is 13.5. The third kappa shape index (κ3) is 3.32. The van der Waals surface area contributed by atoms with Crippen LogP contribution in [-0.2, 0) is 13.2 Å². The zero-order chi connectivity index (χ0) is 15.4. The third-order valence-electron chi connectivity index (χ3n) is 2.89. The quantitative estimate of drug-likeness (QED) is 0.679. The van der Waals surface area contributed by atoms with Crippen LogP contribution in [0.25, 0.3) is 0 Å². The van der Waals surface area contributed by atoms with E-state index < -0.39 is 16.6 Å². The van der Waals surface area contributed by atoms with Gasteiger partial charge in [-0.1, -0.05) is 12.1 Å². The maximum absolute atomic E-state index is 13.5. The van der Waals surface area contributed by atoms with Crippen LogP contribution < -0.4 is 10.5 Å². The highest BCUT2D eigenvalue weighted by atomic mass is 19.2. The minimum absolute atomic E-state index is 0.0304. The summed E-state index contributed by atoms with van der Waals surface area (Å²) < 4.78 is 31.9. The van der Waals surface area contributed by atoms with Crippen molar-refractivity contribution in [2.75, 3.05) is 0 Å². The lowest BCUT2D eigenvalue weighted by Crippen LogP contribution is -2.05. The smallest absolute Gasteiger partial charge is 0.270 e. The molecule has 0 unspecified atom stereocenters.